The van der Waals surface area contributed by atoms with Crippen LogP contribution in [0, 0.1) is 34.0 Å². The van der Waals surface area contributed by atoms with Gasteiger partial charge in [0.05, 0.1) is 30.3 Å². The van der Waals surface area contributed by atoms with E-state index in [1.54, 1.807) is 0 Å². The molecule has 7 nitrogen and oxygen atoms in total. The van der Waals surface area contributed by atoms with Gasteiger partial charge < -0.3 is 35.4 Å². The lowest BCUT2D eigenvalue weighted by Gasteiger charge is -2.75. The van der Waals surface area contributed by atoms with Crippen LogP contribution in [0.25, 0.3) is 0 Å². The van der Waals surface area contributed by atoms with Crippen LogP contribution in [-0.4, -0.2) is 74.1 Å². The third kappa shape index (κ3) is 1.60. The van der Waals surface area contributed by atoms with Gasteiger partial charge in [-0.25, -0.2) is 0 Å². The summed E-state index contributed by atoms with van der Waals surface area (Å²) in [6.07, 6.45) is -2.44. The van der Waals surface area contributed by atoms with Crippen LogP contribution in [-0.2, 0) is 4.74 Å². The monoisotopic (exact) mass is 382 g/mol. The van der Waals surface area contributed by atoms with Crippen LogP contribution < -0.4 is 0 Å². The molecule has 4 saturated carbocycles. The Morgan fingerprint density at radius 1 is 1.11 bits per heavy atom. The Hall–Kier alpha value is -0.540. The second-order valence-corrected chi connectivity index (χ2v) is 9.98. The van der Waals surface area contributed by atoms with Crippen molar-refractivity contribution >= 4 is 0 Å². The third-order valence-corrected chi connectivity index (χ3v) is 9.32. The Kier molecular flexibility index (Phi) is 3.52. The molecule has 0 aromatic rings. The van der Waals surface area contributed by atoms with Crippen LogP contribution in [0.1, 0.15) is 32.6 Å². The van der Waals surface area contributed by atoms with Gasteiger partial charge in [0, 0.05) is 23.9 Å². The largest absolute Gasteiger partial charge is 0.396 e. The van der Waals surface area contributed by atoms with E-state index in [-0.39, 0.29) is 19.1 Å². The number of rotatable bonds is 1. The molecule has 2 aliphatic heterocycles. The van der Waals surface area contributed by atoms with Gasteiger partial charge in [-0.2, -0.15) is 0 Å². The zero-order chi connectivity index (χ0) is 19.6. The van der Waals surface area contributed by atoms with Crippen LogP contribution >= 0.6 is 0 Å². The average Bonchev–Trinajstić information content (AvgIpc) is 2.76. The number of aliphatic hydroxyl groups excluding tert-OH is 5. The van der Waals surface area contributed by atoms with Crippen LogP contribution in [0.5, 0.6) is 0 Å². The van der Waals surface area contributed by atoms with Crippen molar-refractivity contribution in [2.45, 2.75) is 62.8 Å². The van der Waals surface area contributed by atoms with Crippen molar-refractivity contribution < 1.29 is 35.4 Å². The van der Waals surface area contributed by atoms with E-state index in [1.165, 1.54) is 0 Å². The van der Waals surface area contributed by atoms with Crippen molar-refractivity contribution in [1.82, 2.24) is 0 Å². The molecule has 4 bridgehead atoms. The topological polar surface area (TPSA) is 131 Å². The minimum atomic E-state index is -2.16. The smallest absolute Gasteiger partial charge is 0.203 e. The average molecular weight is 382 g/mol. The zero-order valence-corrected chi connectivity index (χ0v) is 15.6. The Morgan fingerprint density at radius 3 is 2.48 bits per heavy atom. The number of fused-ring (bicyclic) bond motifs is 2. The first-order chi connectivity index (χ1) is 12.6. The van der Waals surface area contributed by atoms with Gasteiger partial charge in [-0.05, 0) is 42.6 Å². The fourth-order valence-electron chi connectivity index (χ4n) is 8.16. The standard InChI is InChI=1S/C20H30O7/c1-9-10-3-4-11-18-8-27-20(26,19(11,14(9)23)15(10)24)16(25)13(18)17(2,7-21)6-5-12(18)22/h10-16,21-26H,1,3-8H2,2H3/t10-,11-,12+,13+,14+,15+,16-,17-,18+,19?,20-/m0/s1. The van der Waals surface area contributed by atoms with E-state index in [0.29, 0.717) is 31.3 Å². The maximum absolute atomic E-state index is 11.7. The molecule has 7 heteroatoms. The van der Waals surface area contributed by atoms with E-state index in [4.69, 9.17) is 4.74 Å². The van der Waals surface area contributed by atoms with Gasteiger partial charge in [0.2, 0.25) is 5.79 Å². The van der Waals surface area contributed by atoms with Crippen LogP contribution in [0.2, 0.25) is 0 Å². The molecule has 0 aromatic heterocycles. The van der Waals surface area contributed by atoms with Crippen molar-refractivity contribution in [2.75, 3.05) is 13.2 Å². The second kappa shape index (κ2) is 5.14. The van der Waals surface area contributed by atoms with Gasteiger partial charge in [-0.15, -0.1) is 0 Å². The second-order valence-electron chi connectivity index (χ2n) is 9.98. The van der Waals surface area contributed by atoms with Crippen molar-refractivity contribution in [3.05, 3.63) is 12.2 Å². The molecule has 0 aromatic carbocycles. The number of aliphatic hydroxyl groups is 6. The molecule has 4 aliphatic carbocycles. The zero-order valence-electron chi connectivity index (χ0n) is 15.6. The Morgan fingerprint density at radius 2 is 1.81 bits per heavy atom. The Bertz CT molecular complexity index is 698. The summed E-state index contributed by atoms with van der Waals surface area (Å²) in [4.78, 5) is 0. The summed E-state index contributed by atoms with van der Waals surface area (Å²) in [5.74, 6) is -3.57. The summed E-state index contributed by atoms with van der Waals surface area (Å²) in [6.45, 7) is 5.68. The molecule has 2 spiro atoms. The first-order valence-electron chi connectivity index (χ1n) is 10.0. The van der Waals surface area contributed by atoms with E-state index in [1.807, 2.05) is 6.92 Å². The quantitative estimate of drug-likeness (QED) is 0.325. The highest BCUT2D eigenvalue weighted by Gasteiger charge is 2.86. The molecule has 6 aliphatic rings. The Balaban J connectivity index is 1.79. The lowest BCUT2D eigenvalue weighted by molar-refractivity contribution is -0.478. The number of hydrogen-bond donors (Lipinski definition) is 6. The summed E-state index contributed by atoms with van der Waals surface area (Å²) in [7, 11) is 0. The van der Waals surface area contributed by atoms with Crippen LogP contribution in [0.3, 0.4) is 0 Å². The molecule has 2 heterocycles. The molecule has 6 N–H and O–H groups in total. The van der Waals surface area contributed by atoms with Gasteiger partial charge >= 0.3 is 0 Å². The maximum atomic E-state index is 11.7. The van der Waals surface area contributed by atoms with E-state index in [9.17, 15) is 30.6 Å². The fourth-order valence-corrected chi connectivity index (χ4v) is 8.16. The summed E-state index contributed by atoms with van der Waals surface area (Å²) in [6, 6.07) is 0. The summed E-state index contributed by atoms with van der Waals surface area (Å²) in [5, 5.41) is 66.7. The normalized spacial score (nSPS) is 64.4. The highest BCUT2D eigenvalue weighted by atomic mass is 16.6. The molecule has 152 valence electrons. The lowest BCUT2D eigenvalue weighted by atomic mass is 9.35. The van der Waals surface area contributed by atoms with Crippen molar-refractivity contribution in [1.29, 1.82) is 0 Å². The first kappa shape index (κ1) is 18.5. The third-order valence-electron chi connectivity index (χ3n) is 9.32. The molecule has 0 amide bonds. The molecule has 6 rings (SSSR count). The minimum absolute atomic E-state index is 0.0327. The molecule has 11 atom stereocenters. The van der Waals surface area contributed by atoms with Gasteiger partial charge in [0.1, 0.15) is 6.10 Å². The summed E-state index contributed by atoms with van der Waals surface area (Å²) in [5.41, 5.74) is -2.70. The molecule has 2 saturated heterocycles. The Labute approximate surface area is 158 Å². The molecule has 0 radical (unpaired) electrons. The maximum Gasteiger partial charge on any atom is 0.203 e. The highest BCUT2D eigenvalue weighted by molar-refractivity contribution is 5.38. The van der Waals surface area contributed by atoms with E-state index < -0.39 is 58.3 Å². The van der Waals surface area contributed by atoms with Crippen molar-refractivity contribution in [2.24, 2.45) is 34.0 Å². The number of ether oxygens (including phenoxy) is 1. The first-order valence-corrected chi connectivity index (χ1v) is 10.0. The molecular weight excluding hydrogens is 352 g/mol. The minimum Gasteiger partial charge on any atom is -0.396 e. The van der Waals surface area contributed by atoms with Gasteiger partial charge in [0.25, 0.3) is 0 Å². The van der Waals surface area contributed by atoms with E-state index >= 15 is 0 Å². The predicted octanol–water partition coefficient (Wildman–Crippen LogP) is -0.860. The van der Waals surface area contributed by atoms with Crippen LogP contribution in [0.4, 0.5) is 0 Å². The molecular formula is C20H30O7. The van der Waals surface area contributed by atoms with E-state index in [2.05, 4.69) is 6.58 Å². The highest BCUT2D eigenvalue weighted by Crippen LogP contribution is 2.77. The van der Waals surface area contributed by atoms with Gasteiger partial charge in [-0.3, -0.25) is 0 Å². The van der Waals surface area contributed by atoms with Gasteiger partial charge in [0.15, 0.2) is 0 Å². The number of hydrogen-bond acceptors (Lipinski definition) is 7. The van der Waals surface area contributed by atoms with Crippen molar-refractivity contribution in [3.8, 4) is 0 Å². The van der Waals surface area contributed by atoms with Crippen LogP contribution in [0.15, 0.2) is 12.2 Å². The predicted molar refractivity (Wildman–Crippen MR) is 93.1 cm³/mol. The van der Waals surface area contributed by atoms with Gasteiger partial charge in [-0.1, -0.05) is 13.5 Å². The fraction of sp³-hybridized carbons (Fsp3) is 0.900. The SMILES string of the molecule is C=C1[C@@H](O)C23[C@H](O)[C@H]1CC[C@H]2[C@@]12CO[C@@]3(O)[C@@H](O)[C@@H]1[C@](C)(CO)CC[C@H]2O. The molecule has 27 heavy (non-hydrogen) atoms. The lowest BCUT2D eigenvalue weighted by Crippen LogP contribution is -2.86. The van der Waals surface area contributed by atoms with Crippen molar-refractivity contribution in [3.63, 3.8) is 0 Å². The summed E-state index contributed by atoms with van der Waals surface area (Å²) >= 11 is 0. The van der Waals surface area contributed by atoms with E-state index in [0.717, 1.165) is 0 Å². The molecule has 6 fully saturated rings. The molecule has 1 unspecified atom stereocenters. The summed E-state index contributed by atoms with van der Waals surface area (Å²) < 4.78 is 5.83.